The van der Waals surface area contributed by atoms with Crippen LogP contribution in [0.25, 0.3) is 0 Å². The number of nitrogens with one attached hydrogen (secondary N) is 1. The highest BCUT2D eigenvalue weighted by molar-refractivity contribution is 7.89. The topological polar surface area (TPSA) is 46.2 Å². The second-order valence-corrected chi connectivity index (χ2v) is 8.24. The highest BCUT2D eigenvalue weighted by Crippen LogP contribution is 2.24. The minimum absolute atomic E-state index is 0.0886. The molecule has 4 heteroatoms. The van der Waals surface area contributed by atoms with Gasteiger partial charge < -0.3 is 0 Å². The lowest BCUT2D eigenvalue weighted by Gasteiger charge is -2.20. The van der Waals surface area contributed by atoms with Crippen LogP contribution in [-0.4, -0.2) is 8.42 Å². The van der Waals surface area contributed by atoms with Crippen molar-refractivity contribution >= 4 is 10.0 Å². The molecule has 0 aliphatic heterocycles. The Morgan fingerprint density at radius 2 is 1.45 bits per heavy atom. The minimum atomic E-state index is -3.50. The van der Waals surface area contributed by atoms with Gasteiger partial charge in [-0.05, 0) is 35.6 Å². The first-order chi connectivity index (χ1) is 10.2. The first kappa shape index (κ1) is 16.7. The lowest BCUT2D eigenvalue weighted by atomic mass is 9.86. The van der Waals surface area contributed by atoms with Gasteiger partial charge in [0, 0.05) is 6.04 Å². The van der Waals surface area contributed by atoms with Crippen molar-refractivity contribution in [2.75, 3.05) is 0 Å². The molecule has 0 radical (unpaired) electrons. The maximum Gasteiger partial charge on any atom is 0.241 e. The summed E-state index contributed by atoms with van der Waals surface area (Å²) in [6.45, 7) is 8.32. The molecule has 118 valence electrons. The molecule has 0 amide bonds. The Kier molecular flexibility index (Phi) is 4.73. The van der Waals surface area contributed by atoms with Gasteiger partial charge in [-0.1, -0.05) is 63.2 Å². The monoisotopic (exact) mass is 317 g/mol. The standard InChI is InChI=1S/C18H23NO2S/c1-14(15-10-12-16(13-11-15)18(2,3)4)19-22(20,21)17-8-6-5-7-9-17/h5-14,19H,1-4H3. The molecule has 1 atom stereocenters. The Morgan fingerprint density at radius 3 is 1.95 bits per heavy atom. The Hall–Kier alpha value is -1.65. The molecular formula is C18H23NO2S. The summed E-state index contributed by atoms with van der Waals surface area (Å²) < 4.78 is 27.4. The van der Waals surface area contributed by atoms with Crippen molar-refractivity contribution in [2.24, 2.45) is 0 Å². The van der Waals surface area contributed by atoms with Gasteiger partial charge in [0.1, 0.15) is 0 Å². The summed E-state index contributed by atoms with van der Waals surface area (Å²) >= 11 is 0. The minimum Gasteiger partial charge on any atom is -0.207 e. The highest BCUT2D eigenvalue weighted by Gasteiger charge is 2.19. The molecule has 0 saturated heterocycles. The summed E-state index contributed by atoms with van der Waals surface area (Å²) in [7, 11) is -3.50. The summed E-state index contributed by atoms with van der Waals surface area (Å²) in [5, 5.41) is 0. The summed E-state index contributed by atoms with van der Waals surface area (Å²) in [5.74, 6) is 0. The summed E-state index contributed by atoms with van der Waals surface area (Å²) in [6.07, 6.45) is 0. The van der Waals surface area contributed by atoms with Gasteiger partial charge in [0.2, 0.25) is 10.0 Å². The van der Waals surface area contributed by atoms with Gasteiger partial charge in [0.25, 0.3) is 0 Å². The van der Waals surface area contributed by atoms with E-state index >= 15 is 0 Å². The van der Waals surface area contributed by atoms with E-state index in [1.54, 1.807) is 30.3 Å². The molecule has 3 nitrogen and oxygen atoms in total. The average Bonchev–Trinajstić information content (AvgIpc) is 2.47. The Bertz CT molecular complexity index is 714. The number of benzene rings is 2. The summed E-state index contributed by atoms with van der Waals surface area (Å²) in [6, 6.07) is 16.2. The van der Waals surface area contributed by atoms with Gasteiger partial charge in [-0.25, -0.2) is 13.1 Å². The van der Waals surface area contributed by atoms with Crippen LogP contribution in [0.2, 0.25) is 0 Å². The van der Waals surface area contributed by atoms with E-state index < -0.39 is 10.0 Å². The van der Waals surface area contributed by atoms with Crippen LogP contribution in [0, 0.1) is 0 Å². The SMILES string of the molecule is CC(NS(=O)(=O)c1ccccc1)c1ccc(C(C)(C)C)cc1. The van der Waals surface area contributed by atoms with Gasteiger partial charge >= 0.3 is 0 Å². The van der Waals surface area contributed by atoms with E-state index in [1.807, 2.05) is 19.1 Å². The van der Waals surface area contributed by atoms with E-state index in [4.69, 9.17) is 0 Å². The molecule has 0 aliphatic carbocycles. The van der Waals surface area contributed by atoms with Gasteiger partial charge in [-0.3, -0.25) is 0 Å². The lowest BCUT2D eigenvalue weighted by Crippen LogP contribution is -2.27. The Balaban J connectivity index is 2.17. The molecule has 0 bridgehead atoms. The maximum atomic E-state index is 12.3. The lowest BCUT2D eigenvalue weighted by molar-refractivity contribution is 0.566. The smallest absolute Gasteiger partial charge is 0.207 e. The van der Waals surface area contributed by atoms with E-state index in [0.717, 1.165) is 5.56 Å². The summed E-state index contributed by atoms with van der Waals surface area (Å²) in [4.78, 5) is 0.285. The quantitative estimate of drug-likeness (QED) is 0.925. The first-order valence-electron chi connectivity index (χ1n) is 7.38. The normalized spacial score (nSPS) is 13.8. The summed E-state index contributed by atoms with van der Waals surface area (Å²) in [5.41, 5.74) is 2.27. The zero-order chi connectivity index (χ0) is 16.4. The second-order valence-electron chi connectivity index (χ2n) is 6.53. The molecule has 1 N–H and O–H groups in total. The van der Waals surface area contributed by atoms with Crippen molar-refractivity contribution < 1.29 is 8.42 Å². The molecule has 2 rings (SSSR count). The Labute approximate surface area is 133 Å². The maximum absolute atomic E-state index is 12.3. The second kappa shape index (κ2) is 6.23. The molecule has 0 aliphatic rings. The van der Waals surface area contributed by atoms with E-state index in [0.29, 0.717) is 0 Å². The van der Waals surface area contributed by atoms with Crippen LogP contribution < -0.4 is 4.72 Å². The third-order valence-corrected chi connectivity index (χ3v) is 5.22. The number of rotatable bonds is 4. The molecule has 0 aromatic heterocycles. The largest absolute Gasteiger partial charge is 0.241 e. The number of sulfonamides is 1. The molecule has 22 heavy (non-hydrogen) atoms. The zero-order valence-electron chi connectivity index (χ0n) is 13.5. The molecule has 0 heterocycles. The van der Waals surface area contributed by atoms with Crippen molar-refractivity contribution in [1.82, 2.24) is 4.72 Å². The molecule has 1 unspecified atom stereocenters. The van der Waals surface area contributed by atoms with Gasteiger partial charge in [0.05, 0.1) is 4.90 Å². The van der Waals surface area contributed by atoms with Crippen LogP contribution in [0.15, 0.2) is 59.5 Å². The third-order valence-electron chi connectivity index (χ3n) is 3.66. The van der Waals surface area contributed by atoms with Crippen LogP contribution in [0.1, 0.15) is 44.9 Å². The molecule has 0 fully saturated rings. The Morgan fingerprint density at radius 1 is 0.909 bits per heavy atom. The van der Waals surface area contributed by atoms with E-state index in [9.17, 15) is 8.42 Å². The third kappa shape index (κ3) is 3.96. The predicted molar refractivity (Wildman–Crippen MR) is 90.3 cm³/mol. The van der Waals surface area contributed by atoms with Crippen LogP contribution in [0.5, 0.6) is 0 Å². The van der Waals surface area contributed by atoms with Gasteiger partial charge in [-0.15, -0.1) is 0 Å². The van der Waals surface area contributed by atoms with Gasteiger partial charge in [-0.2, -0.15) is 0 Å². The van der Waals surface area contributed by atoms with Crippen molar-refractivity contribution in [1.29, 1.82) is 0 Å². The van der Waals surface area contributed by atoms with Crippen molar-refractivity contribution in [3.8, 4) is 0 Å². The molecular weight excluding hydrogens is 294 g/mol. The molecule has 2 aromatic rings. The van der Waals surface area contributed by atoms with Crippen LogP contribution >= 0.6 is 0 Å². The van der Waals surface area contributed by atoms with E-state index in [-0.39, 0.29) is 16.4 Å². The fraction of sp³-hybridized carbons (Fsp3) is 0.333. The first-order valence-corrected chi connectivity index (χ1v) is 8.86. The van der Waals surface area contributed by atoms with Gasteiger partial charge in [0.15, 0.2) is 0 Å². The van der Waals surface area contributed by atoms with Crippen molar-refractivity contribution in [2.45, 2.75) is 44.0 Å². The molecule has 0 saturated carbocycles. The molecule has 2 aromatic carbocycles. The van der Waals surface area contributed by atoms with E-state index in [1.165, 1.54) is 5.56 Å². The number of hydrogen-bond donors (Lipinski definition) is 1. The average molecular weight is 317 g/mol. The highest BCUT2D eigenvalue weighted by atomic mass is 32.2. The van der Waals surface area contributed by atoms with Crippen molar-refractivity contribution in [3.05, 3.63) is 65.7 Å². The molecule has 0 spiro atoms. The van der Waals surface area contributed by atoms with E-state index in [2.05, 4.69) is 37.6 Å². The van der Waals surface area contributed by atoms with Crippen LogP contribution in [0.4, 0.5) is 0 Å². The fourth-order valence-electron chi connectivity index (χ4n) is 2.24. The van der Waals surface area contributed by atoms with Crippen LogP contribution in [-0.2, 0) is 15.4 Å². The fourth-order valence-corrected chi connectivity index (χ4v) is 3.49. The predicted octanol–water partition coefficient (Wildman–Crippen LogP) is 4.02. The zero-order valence-corrected chi connectivity index (χ0v) is 14.3. The number of hydrogen-bond acceptors (Lipinski definition) is 2. The van der Waals surface area contributed by atoms with Crippen LogP contribution in [0.3, 0.4) is 0 Å². The van der Waals surface area contributed by atoms with Crippen molar-refractivity contribution in [3.63, 3.8) is 0 Å².